The molecule has 0 fully saturated rings. The van der Waals surface area contributed by atoms with E-state index in [1.54, 1.807) is 30.3 Å². The average molecular weight is 363 g/mol. The molecule has 2 aromatic rings. The molecule has 2 amide bonds. The number of methoxy groups -OCH3 is 1. The molecule has 1 aromatic carbocycles. The largest absolute Gasteiger partial charge is 0.453 e. The summed E-state index contributed by atoms with van der Waals surface area (Å²) < 4.78 is 30.9. The zero-order valence-electron chi connectivity index (χ0n) is 13.4. The van der Waals surface area contributed by atoms with Crippen molar-refractivity contribution in [3.8, 4) is 0 Å². The number of alkyl carbamates (subject to hydrolysis) is 1. The first-order valence-corrected chi connectivity index (χ1v) is 8.76. The number of carbonyl (C=O) groups excluding carboxylic acids is 2. The molecule has 0 aliphatic rings. The van der Waals surface area contributed by atoms with Crippen LogP contribution in [0.25, 0.3) is 0 Å². The molecular weight excluding hydrogens is 346 g/mol. The molecule has 132 valence electrons. The minimum Gasteiger partial charge on any atom is -0.453 e. The lowest BCUT2D eigenvalue weighted by Gasteiger charge is -2.18. The average Bonchev–Trinajstić information content (AvgIpc) is 2.62. The predicted molar refractivity (Wildman–Crippen MR) is 89.0 cm³/mol. The molecule has 2 rings (SSSR count). The first kappa shape index (κ1) is 18.4. The fourth-order valence-electron chi connectivity index (χ4n) is 2.03. The molecule has 1 heterocycles. The molecule has 0 saturated heterocycles. The molecule has 0 aliphatic carbocycles. The second kappa shape index (κ2) is 8.25. The summed E-state index contributed by atoms with van der Waals surface area (Å²) in [7, 11) is -2.94. The van der Waals surface area contributed by atoms with E-state index < -0.39 is 28.1 Å². The Labute approximate surface area is 145 Å². The molecule has 0 spiro atoms. The Hall–Kier alpha value is -2.94. The number of amides is 2. The van der Waals surface area contributed by atoms with Crippen LogP contribution in [-0.2, 0) is 26.0 Å². The van der Waals surface area contributed by atoms with E-state index in [1.165, 1.54) is 18.3 Å². The summed E-state index contributed by atoms with van der Waals surface area (Å²) in [5.74, 6) is -0.877. The molecule has 0 radical (unpaired) electrons. The zero-order valence-corrected chi connectivity index (χ0v) is 14.2. The van der Waals surface area contributed by atoms with Crippen LogP contribution in [0, 0.1) is 0 Å². The number of nitrogens with one attached hydrogen (secondary N) is 2. The van der Waals surface area contributed by atoms with Gasteiger partial charge in [0.05, 0.1) is 7.11 Å². The summed E-state index contributed by atoms with van der Waals surface area (Å²) in [5.41, 5.74) is 0.748. The van der Waals surface area contributed by atoms with Crippen LogP contribution in [-0.4, -0.2) is 38.6 Å². The zero-order chi connectivity index (χ0) is 18.3. The topological polar surface area (TPSA) is 114 Å². The fourth-order valence-corrected chi connectivity index (χ4v) is 3.01. The van der Waals surface area contributed by atoms with Crippen LogP contribution in [0.4, 0.5) is 4.79 Å². The standard InChI is InChI=1S/C16H17N3O5S/c1-24-16(21)18-14(10-12-6-3-2-4-7-12)15(20)19-25(22,23)13-8-5-9-17-11-13/h2-9,11,14H,10H2,1H3,(H,18,21)(H,19,20)/t14-/m1/s1. The number of carbonyl (C=O) groups is 2. The van der Waals surface area contributed by atoms with E-state index in [1.807, 2.05) is 4.72 Å². The molecule has 1 aromatic heterocycles. The summed E-state index contributed by atoms with van der Waals surface area (Å²) >= 11 is 0. The van der Waals surface area contributed by atoms with Crippen LogP contribution in [0.15, 0.2) is 59.8 Å². The van der Waals surface area contributed by atoms with Crippen molar-refractivity contribution in [3.63, 3.8) is 0 Å². The lowest BCUT2D eigenvalue weighted by molar-refractivity contribution is -0.121. The van der Waals surface area contributed by atoms with Gasteiger partial charge in [-0.25, -0.2) is 17.9 Å². The van der Waals surface area contributed by atoms with Crippen LogP contribution < -0.4 is 10.0 Å². The fraction of sp³-hybridized carbons (Fsp3) is 0.188. The van der Waals surface area contributed by atoms with Gasteiger partial charge >= 0.3 is 6.09 Å². The van der Waals surface area contributed by atoms with Crippen molar-refractivity contribution in [1.29, 1.82) is 0 Å². The van der Waals surface area contributed by atoms with Gasteiger partial charge in [-0.1, -0.05) is 30.3 Å². The predicted octanol–water partition coefficient (Wildman–Crippen LogP) is 0.854. The molecule has 0 saturated carbocycles. The molecular formula is C16H17N3O5S. The number of aromatic nitrogens is 1. The van der Waals surface area contributed by atoms with E-state index >= 15 is 0 Å². The monoisotopic (exact) mass is 363 g/mol. The van der Waals surface area contributed by atoms with E-state index in [0.717, 1.165) is 18.9 Å². The highest BCUT2D eigenvalue weighted by atomic mass is 32.2. The molecule has 0 unspecified atom stereocenters. The number of nitrogens with zero attached hydrogens (tertiary/aromatic N) is 1. The quantitative estimate of drug-likeness (QED) is 0.786. The van der Waals surface area contributed by atoms with Gasteiger partial charge in [0.2, 0.25) is 0 Å². The van der Waals surface area contributed by atoms with E-state index in [4.69, 9.17) is 0 Å². The summed E-state index contributed by atoms with van der Waals surface area (Å²) in [5, 5.41) is 2.34. The Balaban J connectivity index is 2.18. The molecule has 25 heavy (non-hydrogen) atoms. The van der Waals surface area contributed by atoms with Crippen molar-refractivity contribution in [2.45, 2.75) is 17.4 Å². The van der Waals surface area contributed by atoms with E-state index in [0.29, 0.717) is 0 Å². The number of rotatable bonds is 6. The Morgan fingerprint density at radius 2 is 1.88 bits per heavy atom. The summed E-state index contributed by atoms with van der Waals surface area (Å²) in [4.78, 5) is 27.4. The highest BCUT2D eigenvalue weighted by molar-refractivity contribution is 7.90. The Morgan fingerprint density at radius 3 is 2.48 bits per heavy atom. The number of ether oxygens (including phenoxy) is 1. The first-order valence-electron chi connectivity index (χ1n) is 7.27. The summed E-state index contributed by atoms with van der Waals surface area (Å²) in [6, 6.07) is 10.5. The molecule has 8 nitrogen and oxygen atoms in total. The minimum atomic E-state index is -4.09. The third kappa shape index (κ3) is 5.28. The van der Waals surface area contributed by atoms with Gasteiger partial charge in [-0.05, 0) is 17.7 Å². The van der Waals surface area contributed by atoms with Crippen molar-refractivity contribution in [2.75, 3.05) is 7.11 Å². The highest BCUT2D eigenvalue weighted by Gasteiger charge is 2.26. The van der Waals surface area contributed by atoms with Crippen LogP contribution >= 0.6 is 0 Å². The first-order chi connectivity index (χ1) is 11.9. The number of hydrogen-bond acceptors (Lipinski definition) is 6. The van der Waals surface area contributed by atoms with E-state index in [-0.39, 0.29) is 11.3 Å². The third-order valence-electron chi connectivity index (χ3n) is 3.26. The van der Waals surface area contributed by atoms with Gasteiger partial charge in [0.1, 0.15) is 10.9 Å². The second-order valence-electron chi connectivity index (χ2n) is 5.04. The molecule has 1 atom stereocenters. The van der Waals surface area contributed by atoms with Crippen molar-refractivity contribution in [3.05, 3.63) is 60.4 Å². The number of sulfonamides is 1. The van der Waals surface area contributed by atoms with Gasteiger partial charge in [0.25, 0.3) is 15.9 Å². The van der Waals surface area contributed by atoms with Crippen molar-refractivity contribution >= 4 is 22.0 Å². The number of benzene rings is 1. The Bertz CT molecular complexity index is 825. The smallest absolute Gasteiger partial charge is 0.407 e. The van der Waals surface area contributed by atoms with Gasteiger partial charge in [0.15, 0.2) is 0 Å². The van der Waals surface area contributed by atoms with Crippen molar-refractivity contribution < 1.29 is 22.7 Å². The van der Waals surface area contributed by atoms with Gasteiger partial charge in [0, 0.05) is 18.8 Å². The molecule has 2 N–H and O–H groups in total. The molecule has 0 bridgehead atoms. The van der Waals surface area contributed by atoms with Crippen LogP contribution in [0.5, 0.6) is 0 Å². The van der Waals surface area contributed by atoms with Gasteiger partial charge in [-0.3, -0.25) is 9.78 Å². The van der Waals surface area contributed by atoms with Crippen molar-refractivity contribution in [1.82, 2.24) is 15.0 Å². The second-order valence-corrected chi connectivity index (χ2v) is 6.72. The Morgan fingerprint density at radius 1 is 1.16 bits per heavy atom. The van der Waals surface area contributed by atoms with Gasteiger partial charge < -0.3 is 10.1 Å². The van der Waals surface area contributed by atoms with Crippen LogP contribution in [0.1, 0.15) is 5.56 Å². The SMILES string of the molecule is COC(=O)N[C@H](Cc1ccccc1)C(=O)NS(=O)(=O)c1cccnc1. The summed E-state index contributed by atoms with van der Waals surface area (Å²) in [6.45, 7) is 0. The Kier molecular flexibility index (Phi) is 6.07. The normalized spacial score (nSPS) is 12.0. The van der Waals surface area contributed by atoms with Crippen LogP contribution in [0.3, 0.4) is 0 Å². The minimum absolute atomic E-state index is 0.102. The van der Waals surface area contributed by atoms with Crippen molar-refractivity contribution in [2.24, 2.45) is 0 Å². The number of hydrogen-bond donors (Lipinski definition) is 2. The lowest BCUT2D eigenvalue weighted by Crippen LogP contribution is -2.49. The lowest BCUT2D eigenvalue weighted by atomic mass is 10.1. The van der Waals surface area contributed by atoms with E-state index in [2.05, 4.69) is 15.0 Å². The molecule has 9 heteroatoms. The molecule has 0 aliphatic heterocycles. The van der Waals surface area contributed by atoms with Gasteiger partial charge in [-0.2, -0.15) is 0 Å². The summed E-state index contributed by atoms with van der Waals surface area (Å²) in [6.07, 6.45) is 1.80. The maximum Gasteiger partial charge on any atom is 0.407 e. The maximum atomic E-state index is 12.4. The maximum absolute atomic E-state index is 12.4. The third-order valence-corrected chi connectivity index (χ3v) is 4.59. The highest BCUT2D eigenvalue weighted by Crippen LogP contribution is 2.08. The number of pyridine rings is 1. The van der Waals surface area contributed by atoms with Gasteiger partial charge in [-0.15, -0.1) is 0 Å². The van der Waals surface area contributed by atoms with Crippen LogP contribution in [0.2, 0.25) is 0 Å². The van der Waals surface area contributed by atoms with E-state index in [9.17, 15) is 18.0 Å².